The molecule has 1 aromatic rings. The molecule has 0 radical (unpaired) electrons. The van der Waals surface area contributed by atoms with E-state index >= 15 is 0 Å². The maximum absolute atomic E-state index is 12.5. The van der Waals surface area contributed by atoms with Gasteiger partial charge in [0.1, 0.15) is 0 Å². The molecule has 0 nitrogen and oxygen atoms in total. The molecule has 0 N–H and O–H groups in total. The fourth-order valence-corrected chi connectivity index (χ4v) is 1.63. The van der Waals surface area contributed by atoms with Crippen LogP contribution in [0.1, 0.15) is 35.4 Å². The van der Waals surface area contributed by atoms with Crippen LogP contribution in [0.4, 0.5) is 26.3 Å². The summed E-state index contributed by atoms with van der Waals surface area (Å²) in [5, 5.41) is 0. The topological polar surface area (TPSA) is 0 Å². The number of rotatable bonds is 1. The zero-order valence-electron chi connectivity index (χ0n) is 8.49. The Bertz CT molecular complexity index is 392. The van der Waals surface area contributed by atoms with Crippen LogP contribution in [0.25, 0.3) is 0 Å². The van der Waals surface area contributed by atoms with Crippen LogP contribution in [0.3, 0.4) is 0 Å². The summed E-state index contributed by atoms with van der Waals surface area (Å²) < 4.78 is 74.7. The monoisotopic (exact) mass is 254 g/mol. The van der Waals surface area contributed by atoms with Gasteiger partial charge in [-0.25, -0.2) is 0 Å². The molecule has 0 aromatic heterocycles. The molecule has 0 saturated heterocycles. The highest BCUT2D eigenvalue weighted by Crippen LogP contribution is 2.44. The molecule has 0 spiro atoms. The van der Waals surface area contributed by atoms with Crippen molar-refractivity contribution in [1.29, 1.82) is 0 Å². The van der Waals surface area contributed by atoms with Crippen LogP contribution in [0.15, 0.2) is 18.2 Å². The van der Waals surface area contributed by atoms with Crippen LogP contribution in [0, 0.1) is 0 Å². The van der Waals surface area contributed by atoms with E-state index in [-0.39, 0.29) is 17.5 Å². The maximum Gasteiger partial charge on any atom is 0.416 e. The molecule has 0 unspecified atom stereocenters. The van der Waals surface area contributed by atoms with Gasteiger partial charge in [0.15, 0.2) is 0 Å². The van der Waals surface area contributed by atoms with Crippen LogP contribution in [-0.4, -0.2) is 0 Å². The number of hydrogen-bond acceptors (Lipinski definition) is 0. The van der Waals surface area contributed by atoms with E-state index in [0.717, 1.165) is 12.1 Å². The first-order chi connectivity index (χ1) is 7.68. The highest BCUT2D eigenvalue weighted by molar-refractivity contribution is 5.37. The number of alkyl halides is 6. The molecule has 1 fully saturated rings. The Labute approximate surface area is 93.2 Å². The Morgan fingerprint density at radius 2 is 1.18 bits per heavy atom. The molecule has 17 heavy (non-hydrogen) atoms. The quantitative estimate of drug-likeness (QED) is 0.642. The predicted octanol–water partition coefficient (Wildman–Crippen LogP) is 4.60. The summed E-state index contributed by atoms with van der Waals surface area (Å²) >= 11 is 0. The molecule has 1 aromatic carbocycles. The summed E-state index contributed by atoms with van der Waals surface area (Å²) in [7, 11) is 0. The Balaban J connectivity index is 2.50. The van der Waals surface area contributed by atoms with E-state index in [1.54, 1.807) is 0 Å². The lowest BCUT2D eigenvalue weighted by Gasteiger charge is -2.13. The fourth-order valence-electron chi connectivity index (χ4n) is 1.63. The van der Waals surface area contributed by atoms with Crippen molar-refractivity contribution in [2.75, 3.05) is 0 Å². The molecule has 6 heteroatoms. The van der Waals surface area contributed by atoms with E-state index in [9.17, 15) is 26.3 Å². The van der Waals surface area contributed by atoms with Gasteiger partial charge in [0, 0.05) is 0 Å². The Kier molecular flexibility index (Phi) is 2.63. The number of hydrogen-bond donors (Lipinski definition) is 0. The van der Waals surface area contributed by atoms with Crippen molar-refractivity contribution >= 4 is 0 Å². The zero-order valence-corrected chi connectivity index (χ0v) is 8.49. The van der Waals surface area contributed by atoms with Gasteiger partial charge in [-0.3, -0.25) is 0 Å². The van der Waals surface area contributed by atoms with E-state index in [4.69, 9.17) is 0 Å². The number of benzene rings is 1. The third kappa shape index (κ3) is 2.73. The van der Waals surface area contributed by atoms with E-state index in [0.29, 0.717) is 12.8 Å². The SMILES string of the molecule is FC(F)(F)c1cc(C2CC2)cc(C(F)(F)F)c1. The van der Waals surface area contributed by atoms with Crippen molar-refractivity contribution in [2.45, 2.75) is 31.1 Å². The van der Waals surface area contributed by atoms with Crippen LogP contribution in [-0.2, 0) is 12.4 Å². The van der Waals surface area contributed by atoms with Gasteiger partial charge < -0.3 is 0 Å². The van der Waals surface area contributed by atoms with Crippen molar-refractivity contribution in [3.63, 3.8) is 0 Å². The molecular weight excluding hydrogens is 246 g/mol. The lowest BCUT2D eigenvalue weighted by Crippen LogP contribution is -2.11. The molecule has 0 amide bonds. The fraction of sp³-hybridized carbons (Fsp3) is 0.455. The minimum Gasteiger partial charge on any atom is -0.166 e. The normalized spacial score (nSPS) is 17.3. The van der Waals surface area contributed by atoms with Gasteiger partial charge in [-0.2, -0.15) is 26.3 Å². The van der Waals surface area contributed by atoms with Gasteiger partial charge in [-0.05, 0) is 42.5 Å². The van der Waals surface area contributed by atoms with E-state index in [2.05, 4.69) is 0 Å². The van der Waals surface area contributed by atoms with Crippen molar-refractivity contribution in [3.8, 4) is 0 Å². The average molecular weight is 254 g/mol. The van der Waals surface area contributed by atoms with Crippen molar-refractivity contribution in [3.05, 3.63) is 34.9 Å². The second-order valence-electron chi connectivity index (χ2n) is 4.11. The molecule has 0 atom stereocenters. The lowest BCUT2D eigenvalue weighted by atomic mass is 10.0. The van der Waals surface area contributed by atoms with Crippen molar-refractivity contribution < 1.29 is 26.3 Å². The molecule has 1 saturated carbocycles. The maximum atomic E-state index is 12.5. The molecule has 0 bridgehead atoms. The van der Waals surface area contributed by atoms with Gasteiger partial charge in [-0.1, -0.05) is 0 Å². The first kappa shape index (κ1) is 12.3. The zero-order chi connectivity index (χ0) is 12.8. The van der Waals surface area contributed by atoms with Crippen LogP contribution < -0.4 is 0 Å². The summed E-state index contributed by atoms with van der Waals surface area (Å²) in [6, 6.07) is 1.78. The first-order valence-electron chi connectivity index (χ1n) is 4.97. The minimum absolute atomic E-state index is 0.132. The Morgan fingerprint density at radius 1 is 0.765 bits per heavy atom. The standard InChI is InChI=1S/C11H8F6/c12-10(13,14)8-3-7(6-1-2-6)4-9(5-8)11(15,16)17/h3-6H,1-2H2. The second-order valence-corrected chi connectivity index (χ2v) is 4.11. The molecule has 1 aliphatic rings. The highest BCUT2D eigenvalue weighted by Gasteiger charge is 2.38. The smallest absolute Gasteiger partial charge is 0.166 e. The van der Waals surface area contributed by atoms with Gasteiger partial charge in [0.25, 0.3) is 0 Å². The van der Waals surface area contributed by atoms with Gasteiger partial charge in [-0.15, -0.1) is 0 Å². The second kappa shape index (κ2) is 3.65. The van der Waals surface area contributed by atoms with E-state index in [1.165, 1.54) is 0 Å². The lowest BCUT2D eigenvalue weighted by molar-refractivity contribution is -0.143. The summed E-state index contributed by atoms with van der Waals surface area (Å²) in [6.45, 7) is 0. The third-order valence-corrected chi connectivity index (χ3v) is 2.66. The molecule has 1 aliphatic carbocycles. The predicted molar refractivity (Wildman–Crippen MR) is 48.4 cm³/mol. The summed E-state index contributed by atoms with van der Waals surface area (Å²) in [4.78, 5) is 0. The minimum atomic E-state index is -4.75. The van der Waals surface area contributed by atoms with E-state index in [1.807, 2.05) is 0 Å². The van der Waals surface area contributed by atoms with Crippen LogP contribution in [0.2, 0.25) is 0 Å². The first-order valence-corrected chi connectivity index (χ1v) is 4.97. The van der Waals surface area contributed by atoms with Crippen molar-refractivity contribution in [2.24, 2.45) is 0 Å². The summed E-state index contributed by atoms with van der Waals surface area (Å²) in [5.74, 6) is -0.154. The highest BCUT2D eigenvalue weighted by atomic mass is 19.4. The Hall–Kier alpha value is -1.20. The third-order valence-electron chi connectivity index (χ3n) is 2.66. The van der Waals surface area contributed by atoms with Gasteiger partial charge in [0.05, 0.1) is 11.1 Å². The van der Waals surface area contributed by atoms with Crippen LogP contribution in [0.5, 0.6) is 0 Å². The Morgan fingerprint density at radius 3 is 1.47 bits per heavy atom. The molecule has 0 aliphatic heterocycles. The summed E-state index contributed by atoms with van der Waals surface area (Å²) in [6.07, 6.45) is -8.19. The molecule has 0 heterocycles. The van der Waals surface area contributed by atoms with Gasteiger partial charge in [0.2, 0.25) is 0 Å². The molecular formula is C11H8F6. The molecule has 2 rings (SSSR count). The average Bonchev–Trinajstić information content (AvgIpc) is 2.97. The number of halogens is 6. The van der Waals surface area contributed by atoms with E-state index < -0.39 is 23.5 Å². The molecule has 94 valence electrons. The van der Waals surface area contributed by atoms with Gasteiger partial charge >= 0.3 is 12.4 Å². The van der Waals surface area contributed by atoms with Crippen LogP contribution >= 0.6 is 0 Å². The largest absolute Gasteiger partial charge is 0.416 e. The summed E-state index contributed by atoms with van der Waals surface area (Å²) in [5.41, 5.74) is -2.32. The van der Waals surface area contributed by atoms with Crippen molar-refractivity contribution in [1.82, 2.24) is 0 Å².